The summed E-state index contributed by atoms with van der Waals surface area (Å²) in [6.07, 6.45) is 1.75. The first-order valence-electron chi connectivity index (χ1n) is 6.70. The number of carbonyl (C=O) groups is 2. The molecular weight excluding hydrogens is 293 g/mol. The van der Waals surface area contributed by atoms with Gasteiger partial charge in [0.15, 0.2) is 0 Å². The molecule has 0 amide bonds. The second-order valence-electron chi connectivity index (χ2n) is 4.66. The number of aliphatic carboxylic acids is 2. The van der Waals surface area contributed by atoms with Crippen molar-refractivity contribution in [3.63, 3.8) is 0 Å². The summed E-state index contributed by atoms with van der Waals surface area (Å²) in [5, 5.41) is 20.2. The van der Waals surface area contributed by atoms with E-state index in [-0.39, 0.29) is 12.8 Å². The molecule has 0 fully saturated rings. The van der Waals surface area contributed by atoms with Crippen molar-refractivity contribution in [1.29, 1.82) is 0 Å². The molecule has 4 N–H and O–H groups in total. The maximum atomic E-state index is 11.0. The molecule has 0 aliphatic rings. The van der Waals surface area contributed by atoms with Crippen LogP contribution in [0.15, 0.2) is 30.3 Å². The quantitative estimate of drug-likeness (QED) is 0.491. The Kier molecular flexibility index (Phi) is 7.90. The lowest BCUT2D eigenvalue weighted by molar-refractivity contribution is -0.140. The predicted molar refractivity (Wildman–Crippen MR) is 80.2 cm³/mol. The number of nitrogens with one attached hydrogen (secondary N) is 1. The van der Waals surface area contributed by atoms with Crippen LogP contribution in [0.5, 0.6) is 0 Å². The van der Waals surface area contributed by atoms with Gasteiger partial charge in [0.1, 0.15) is 6.04 Å². The van der Waals surface area contributed by atoms with Crippen molar-refractivity contribution in [1.82, 2.24) is 5.09 Å². The minimum Gasteiger partial charge on any atom is -0.481 e. The number of rotatable bonds is 10. The third kappa shape index (κ3) is 7.75. The van der Waals surface area contributed by atoms with Crippen LogP contribution in [0.1, 0.15) is 24.8 Å². The molecule has 2 atom stereocenters. The highest BCUT2D eigenvalue weighted by atomic mass is 31.2. The average Bonchev–Trinajstić information content (AvgIpc) is 2.44. The highest BCUT2D eigenvalue weighted by Crippen LogP contribution is 2.27. The Bertz CT molecular complexity index is 454. The van der Waals surface area contributed by atoms with Crippen LogP contribution < -0.4 is 5.09 Å². The first kappa shape index (κ1) is 17.6. The third-order valence-electron chi connectivity index (χ3n) is 2.93. The number of carboxylic acid groups (broad SMARTS) is 2. The van der Waals surface area contributed by atoms with E-state index >= 15 is 0 Å². The second kappa shape index (κ2) is 9.45. The normalized spacial score (nSPS) is 13.6. The Balaban J connectivity index is 2.31. The van der Waals surface area contributed by atoms with Crippen molar-refractivity contribution in [2.45, 2.75) is 31.7 Å². The van der Waals surface area contributed by atoms with E-state index in [1.54, 1.807) is 0 Å². The molecule has 0 bridgehead atoms. The van der Waals surface area contributed by atoms with Crippen LogP contribution in [0.4, 0.5) is 0 Å². The zero-order valence-corrected chi connectivity index (χ0v) is 12.5. The first-order valence-corrected chi connectivity index (χ1v) is 8.18. The molecule has 0 heterocycles. The van der Waals surface area contributed by atoms with Crippen molar-refractivity contribution in [3.05, 3.63) is 35.9 Å². The molecule has 0 aromatic heterocycles. The molecule has 0 saturated carbocycles. The van der Waals surface area contributed by atoms with E-state index in [0.29, 0.717) is 6.16 Å². The van der Waals surface area contributed by atoms with Crippen LogP contribution >= 0.6 is 8.30 Å². The largest absolute Gasteiger partial charge is 0.481 e. The molecule has 0 spiro atoms. The van der Waals surface area contributed by atoms with Gasteiger partial charge in [-0.2, -0.15) is 0 Å². The summed E-state index contributed by atoms with van der Waals surface area (Å²) in [7, 11) is -1.60. The van der Waals surface area contributed by atoms with Gasteiger partial charge in [-0.15, -0.1) is 0 Å². The maximum Gasteiger partial charge on any atom is 0.321 e. The van der Waals surface area contributed by atoms with Gasteiger partial charge in [0.25, 0.3) is 0 Å². The number of hydrogen-bond donors (Lipinski definition) is 4. The van der Waals surface area contributed by atoms with E-state index in [1.807, 2.05) is 30.3 Å². The first-order chi connectivity index (χ1) is 9.99. The van der Waals surface area contributed by atoms with Gasteiger partial charge in [-0.25, -0.2) is 0 Å². The summed E-state index contributed by atoms with van der Waals surface area (Å²) in [6, 6.07) is 8.81. The Morgan fingerprint density at radius 2 is 1.86 bits per heavy atom. The fourth-order valence-corrected chi connectivity index (χ4v) is 3.02. The lowest BCUT2D eigenvalue weighted by atomic mass is 10.1. The molecule has 1 rings (SSSR count). The molecule has 116 valence electrons. The van der Waals surface area contributed by atoms with Gasteiger partial charge >= 0.3 is 11.9 Å². The van der Waals surface area contributed by atoms with E-state index in [4.69, 9.17) is 10.2 Å². The summed E-state index contributed by atoms with van der Waals surface area (Å²) in [5.41, 5.74) is 1.17. The van der Waals surface area contributed by atoms with Gasteiger partial charge in [0.2, 0.25) is 0 Å². The Morgan fingerprint density at radius 3 is 2.43 bits per heavy atom. The van der Waals surface area contributed by atoms with Gasteiger partial charge in [0.05, 0.1) is 8.30 Å². The van der Waals surface area contributed by atoms with E-state index in [1.165, 1.54) is 5.56 Å². The summed E-state index contributed by atoms with van der Waals surface area (Å²) in [5.74, 6) is -2.18. The molecular formula is C14H20NO5P. The topological polar surface area (TPSA) is 107 Å². The van der Waals surface area contributed by atoms with E-state index < -0.39 is 26.3 Å². The SMILES string of the molecule is O=C(O)CCC(NP(O)CCCc1ccccc1)C(=O)O. The van der Waals surface area contributed by atoms with Crippen molar-refractivity contribution in [2.24, 2.45) is 0 Å². The smallest absolute Gasteiger partial charge is 0.321 e. The highest BCUT2D eigenvalue weighted by Gasteiger charge is 2.21. The minimum atomic E-state index is -1.60. The molecule has 0 radical (unpaired) electrons. The van der Waals surface area contributed by atoms with Crippen molar-refractivity contribution < 1.29 is 24.7 Å². The fraction of sp³-hybridized carbons (Fsp3) is 0.429. The maximum absolute atomic E-state index is 11.0. The molecule has 0 aliphatic heterocycles. The number of aryl methyl sites for hydroxylation is 1. The number of carboxylic acids is 2. The molecule has 21 heavy (non-hydrogen) atoms. The highest BCUT2D eigenvalue weighted by molar-refractivity contribution is 7.49. The molecule has 2 unspecified atom stereocenters. The lowest BCUT2D eigenvalue weighted by Crippen LogP contribution is -2.34. The van der Waals surface area contributed by atoms with Crippen molar-refractivity contribution in [3.8, 4) is 0 Å². The summed E-state index contributed by atoms with van der Waals surface area (Å²) in [6.45, 7) is 0. The van der Waals surface area contributed by atoms with E-state index in [9.17, 15) is 14.5 Å². The van der Waals surface area contributed by atoms with E-state index in [2.05, 4.69) is 5.09 Å². The monoisotopic (exact) mass is 313 g/mol. The predicted octanol–water partition coefficient (Wildman–Crippen LogP) is 1.83. The van der Waals surface area contributed by atoms with Crippen LogP contribution in [0.3, 0.4) is 0 Å². The van der Waals surface area contributed by atoms with Gasteiger partial charge in [-0.05, 0) is 24.8 Å². The summed E-state index contributed by atoms with van der Waals surface area (Å²) < 4.78 is 0. The Morgan fingerprint density at radius 1 is 1.19 bits per heavy atom. The molecule has 6 nitrogen and oxygen atoms in total. The van der Waals surface area contributed by atoms with Gasteiger partial charge in [0, 0.05) is 12.6 Å². The van der Waals surface area contributed by atoms with Crippen LogP contribution in [-0.2, 0) is 16.0 Å². The van der Waals surface area contributed by atoms with Gasteiger partial charge in [-0.1, -0.05) is 30.3 Å². The molecule has 1 aromatic carbocycles. The second-order valence-corrected chi connectivity index (χ2v) is 6.17. The van der Waals surface area contributed by atoms with Crippen molar-refractivity contribution >= 4 is 20.2 Å². The molecule has 1 aromatic rings. The fourth-order valence-electron chi connectivity index (χ4n) is 1.83. The minimum absolute atomic E-state index is 0.0389. The van der Waals surface area contributed by atoms with Gasteiger partial charge in [-0.3, -0.25) is 14.7 Å². The van der Waals surface area contributed by atoms with Crippen LogP contribution in [-0.4, -0.2) is 39.2 Å². The number of benzene rings is 1. The third-order valence-corrected chi connectivity index (χ3v) is 4.28. The summed E-state index contributed by atoms with van der Waals surface area (Å²) >= 11 is 0. The Labute approximate surface area is 124 Å². The summed E-state index contributed by atoms with van der Waals surface area (Å²) in [4.78, 5) is 31.3. The standard InChI is InChI=1S/C14H20NO5P/c16-13(17)9-8-12(14(18)19)15-21(20)10-4-7-11-5-2-1-3-6-11/h1-3,5-6,12,15,20H,4,7-10H2,(H,16,17)(H,18,19). The zero-order valence-electron chi connectivity index (χ0n) is 11.6. The van der Waals surface area contributed by atoms with Crippen LogP contribution in [0.25, 0.3) is 0 Å². The molecule has 7 heteroatoms. The Hall–Kier alpha value is -1.49. The van der Waals surface area contributed by atoms with Crippen molar-refractivity contribution in [2.75, 3.05) is 6.16 Å². The van der Waals surface area contributed by atoms with Gasteiger partial charge < -0.3 is 15.1 Å². The van der Waals surface area contributed by atoms with Crippen LogP contribution in [0.2, 0.25) is 0 Å². The van der Waals surface area contributed by atoms with Crippen LogP contribution in [0, 0.1) is 0 Å². The molecule has 0 aliphatic carbocycles. The van der Waals surface area contributed by atoms with E-state index in [0.717, 1.165) is 12.8 Å². The zero-order chi connectivity index (χ0) is 15.7. The lowest BCUT2D eigenvalue weighted by Gasteiger charge is -2.18. The number of hydrogen-bond acceptors (Lipinski definition) is 4. The average molecular weight is 313 g/mol. The molecule has 0 saturated heterocycles.